The summed E-state index contributed by atoms with van der Waals surface area (Å²) in [5.74, 6) is 0. The van der Waals surface area contributed by atoms with Crippen molar-refractivity contribution in [3.05, 3.63) is 33.2 Å². The summed E-state index contributed by atoms with van der Waals surface area (Å²) in [6, 6.07) is 2.21. The van der Waals surface area contributed by atoms with Crippen molar-refractivity contribution in [3.8, 4) is 0 Å². The number of nitrogens with zero attached hydrogens (tertiary/aromatic N) is 2. The van der Waals surface area contributed by atoms with E-state index in [-0.39, 0.29) is 11.6 Å². The fourth-order valence-corrected chi connectivity index (χ4v) is 3.01. The van der Waals surface area contributed by atoms with Gasteiger partial charge in [0.1, 0.15) is 0 Å². The third-order valence-electron chi connectivity index (χ3n) is 4.15. The van der Waals surface area contributed by atoms with E-state index in [9.17, 15) is 4.79 Å². The lowest BCUT2D eigenvalue weighted by atomic mass is 9.92. The molecule has 0 spiro atoms. The molecule has 0 radical (unpaired) electrons. The molecule has 1 aliphatic heterocycles. The van der Waals surface area contributed by atoms with Gasteiger partial charge >= 0.3 is 0 Å². The molecular weight excluding hydrogens is 250 g/mol. The molecule has 2 heterocycles. The monoisotopic (exact) mass is 277 g/mol. The Bertz CT molecular complexity index is 552. The first kappa shape index (κ1) is 15.3. The van der Waals surface area contributed by atoms with Crippen LogP contribution in [0.3, 0.4) is 0 Å². The summed E-state index contributed by atoms with van der Waals surface area (Å²) in [4.78, 5) is 15.2. The largest absolute Gasteiger partial charge is 0.322 e. The Kier molecular flexibility index (Phi) is 4.07. The lowest BCUT2D eigenvalue weighted by molar-refractivity contribution is 0.259. The normalized spacial score (nSPS) is 16.6. The minimum atomic E-state index is -0.600. The zero-order chi connectivity index (χ0) is 15.1. The molecule has 112 valence electrons. The van der Waals surface area contributed by atoms with Crippen LogP contribution in [0.4, 0.5) is 0 Å². The van der Waals surface area contributed by atoms with Gasteiger partial charge in [-0.05, 0) is 45.9 Å². The lowest BCUT2D eigenvalue weighted by Gasteiger charge is -2.32. The van der Waals surface area contributed by atoms with Crippen molar-refractivity contribution in [1.82, 2.24) is 9.47 Å². The van der Waals surface area contributed by atoms with Gasteiger partial charge in [0.2, 0.25) is 0 Å². The second kappa shape index (κ2) is 5.34. The van der Waals surface area contributed by atoms with Gasteiger partial charge in [0.25, 0.3) is 5.56 Å². The molecule has 0 aromatic carbocycles. The summed E-state index contributed by atoms with van der Waals surface area (Å²) in [5.41, 5.74) is 8.87. The molecule has 2 N–H and O–H groups in total. The number of likely N-dealkylation sites (N-methyl/N-ethyl adjacent to an activating group) is 1. The van der Waals surface area contributed by atoms with E-state index in [1.807, 2.05) is 24.5 Å². The molecule has 0 unspecified atom stereocenters. The van der Waals surface area contributed by atoms with Crippen LogP contribution in [0.5, 0.6) is 0 Å². The number of hydrogen-bond donors (Lipinski definition) is 1. The zero-order valence-corrected chi connectivity index (χ0v) is 13.4. The van der Waals surface area contributed by atoms with E-state index in [4.69, 9.17) is 5.73 Å². The average Bonchev–Trinajstić information content (AvgIpc) is 2.35. The first-order valence-corrected chi connectivity index (χ1v) is 7.54. The third-order valence-corrected chi connectivity index (χ3v) is 4.15. The summed E-state index contributed by atoms with van der Waals surface area (Å²) in [7, 11) is 0. The maximum absolute atomic E-state index is 12.7. The quantitative estimate of drug-likeness (QED) is 0.919. The molecule has 0 saturated carbocycles. The Morgan fingerprint density at radius 3 is 2.55 bits per heavy atom. The summed E-state index contributed by atoms with van der Waals surface area (Å²) in [5, 5.41) is 0. The Labute approximate surface area is 121 Å². The number of aromatic nitrogens is 1. The van der Waals surface area contributed by atoms with Gasteiger partial charge < -0.3 is 10.3 Å². The fraction of sp³-hybridized carbons (Fsp3) is 0.688. The Balaban J connectivity index is 2.66. The Morgan fingerprint density at radius 2 is 2.05 bits per heavy atom. The Morgan fingerprint density at radius 1 is 1.40 bits per heavy atom. The minimum absolute atomic E-state index is 0.0798. The summed E-state index contributed by atoms with van der Waals surface area (Å²) in [6.45, 7) is 13.1. The molecule has 4 heteroatoms. The van der Waals surface area contributed by atoms with Gasteiger partial charge in [-0.1, -0.05) is 6.92 Å². The van der Waals surface area contributed by atoms with E-state index < -0.39 is 5.54 Å². The highest BCUT2D eigenvalue weighted by molar-refractivity contribution is 5.32. The number of rotatable bonds is 3. The number of hydrogen-bond acceptors (Lipinski definition) is 3. The van der Waals surface area contributed by atoms with E-state index in [1.165, 1.54) is 11.3 Å². The predicted octanol–water partition coefficient (Wildman–Crippen LogP) is 2.00. The van der Waals surface area contributed by atoms with Gasteiger partial charge in [-0.3, -0.25) is 9.69 Å². The van der Waals surface area contributed by atoms with Gasteiger partial charge in [0, 0.05) is 42.3 Å². The van der Waals surface area contributed by atoms with Crippen LogP contribution in [-0.4, -0.2) is 22.6 Å². The minimum Gasteiger partial charge on any atom is -0.322 e. The molecular formula is C16H27N3O. The van der Waals surface area contributed by atoms with Crippen LogP contribution in [0.1, 0.15) is 57.5 Å². The molecule has 0 amide bonds. The van der Waals surface area contributed by atoms with Gasteiger partial charge in [-0.25, -0.2) is 0 Å². The molecule has 1 aromatic rings. The molecule has 0 aliphatic carbocycles. The number of fused-ring (bicyclic) bond motifs is 1. The van der Waals surface area contributed by atoms with E-state index in [1.54, 1.807) is 0 Å². The van der Waals surface area contributed by atoms with Crippen LogP contribution in [0.2, 0.25) is 0 Å². The third kappa shape index (κ3) is 2.67. The zero-order valence-electron chi connectivity index (χ0n) is 13.4. The van der Waals surface area contributed by atoms with E-state index >= 15 is 0 Å². The molecule has 0 bridgehead atoms. The highest BCUT2D eigenvalue weighted by Gasteiger charge is 2.26. The van der Waals surface area contributed by atoms with Crippen LogP contribution in [-0.2, 0) is 18.5 Å². The SMILES string of the molecule is CCN1CCc2c(cc(C(C)(C)N)c(=O)n2C(C)C)C1. The highest BCUT2D eigenvalue weighted by Crippen LogP contribution is 2.24. The smallest absolute Gasteiger partial charge is 0.256 e. The van der Waals surface area contributed by atoms with Crippen LogP contribution in [0.25, 0.3) is 0 Å². The van der Waals surface area contributed by atoms with Crippen molar-refractivity contribution in [3.63, 3.8) is 0 Å². The molecule has 0 atom stereocenters. The van der Waals surface area contributed by atoms with E-state index in [0.717, 1.165) is 31.6 Å². The van der Waals surface area contributed by atoms with Gasteiger partial charge in [0.05, 0.1) is 0 Å². The van der Waals surface area contributed by atoms with Gasteiger partial charge in [-0.2, -0.15) is 0 Å². The van der Waals surface area contributed by atoms with Crippen molar-refractivity contribution in [2.45, 2.75) is 59.2 Å². The van der Waals surface area contributed by atoms with Crippen LogP contribution >= 0.6 is 0 Å². The number of pyridine rings is 1. The van der Waals surface area contributed by atoms with Crippen molar-refractivity contribution < 1.29 is 0 Å². The van der Waals surface area contributed by atoms with Crippen LogP contribution < -0.4 is 11.3 Å². The molecule has 0 saturated heterocycles. The average molecular weight is 277 g/mol. The first-order chi connectivity index (χ1) is 9.25. The summed E-state index contributed by atoms with van der Waals surface area (Å²) >= 11 is 0. The highest BCUT2D eigenvalue weighted by atomic mass is 16.1. The van der Waals surface area contributed by atoms with E-state index in [0.29, 0.717) is 0 Å². The molecule has 1 aliphatic rings. The van der Waals surface area contributed by atoms with Crippen LogP contribution in [0.15, 0.2) is 10.9 Å². The standard InChI is InChI=1S/C16H27N3O/c1-6-18-8-7-14-12(10-18)9-13(16(4,5)17)15(20)19(14)11(2)3/h9,11H,6-8,10,17H2,1-5H3. The van der Waals surface area contributed by atoms with E-state index in [2.05, 4.69) is 25.7 Å². The predicted molar refractivity (Wildman–Crippen MR) is 83.0 cm³/mol. The summed E-state index contributed by atoms with van der Waals surface area (Å²) in [6.07, 6.45) is 0.946. The molecule has 1 aromatic heterocycles. The second-order valence-electron chi connectivity index (χ2n) is 6.64. The second-order valence-corrected chi connectivity index (χ2v) is 6.64. The fourth-order valence-electron chi connectivity index (χ4n) is 3.01. The molecule has 4 nitrogen and oxygen atoms in total. The van der Waals surface area contributed by atoms with Crippen molar-refractivity contribution in [1.29, 1.82) is 0 Å². The summed E-state index contributed by atoms with van der Waals surface area (Å²) < 4.78 is 1.95. The van der Waals surface area contributed by atoms with Crippen LogP contribution in [0, 0.1) is 0 Å². The van der Waals surface area contributed by atoms with Gasteiger partial charge in [0.15, 0.2) is 0 Å². The number of nitrogens with two attached hydrogens (primary N) is 1. The Hall–Kier alpha value is -1.13. The first-order valence-electron chi connectivity index (χ1n) is 7.54. The maximum atomic E-state index is 12.7. The topological polar surface area (TPSA) is 51.3 Å². The molecule has 20 heavy (non-hydrogen) atoms. The van der Waals surface area contributed by atoms with Gasteiger partial charge in [-0.15, -0.1) is 0 Å². The van der Waals surface area contributed by atoms with Crippen molar-refractivity contribution >= 4 is 0 Å². The van der Waals surface area contributed by atoms with Crippen molar-refractivity contribution in [2.75, 3.05) is 13.1 Å². The maximum Gasteiger partial charge on any atom is 0.256 e. The lowest BCUT2D eigenvalue weighted by Crippen LogP contribution is -2.42. The molecule has 2 rings (SSSR count). The van der Waals surface area contributed by atoms with Crippen molar-refractivity contribution in [2.24, 2.45) is 5.73 Å². The molecule has 0 fully saturated rings.